The van der Waals surface area contributed by atoms with E-state index in [-0.39, 0.29) is 6.04 Å². The number of nitrogens with one attached hydrogen (secondary N) is 2. The molecular formula is C23H36F4N4. The molecule has 0 aromatic rings. The highest BCUT2D eigenvalue weighted by Crippen LogP contribution is 2.32. The third-order valence-corrected chi connectivity index (χ3v) is 4.88. The van der Waals surface area contributed by atoms with Crippen LogP contribution in [-0.2, 0) is 0 Å². The smallest absolute Gasteiger partial charge is 0.368 e. The van der Waals surface area contributed by atoms with Crippen LogP contribution in [0.15, 0.2) is 53.6 Å². The lowest BCUT2D eigenvalue weighted by Crippen LogP contribution is -2.36. The van der Waals surface area contributed by atoms with Crippen molar-refractivity contribution < 1.29 is 17.6 Å². The van der Waals surface area contributed by atoms with Gasteiger partial charge in [-0.05, 0) is 44.9 Å². The van der Waals surface area contributed by atoms with Crippen molar-refractivity contribution in [3.63, 3.8) is 0 Å². The van der Waals surface area contributed by atoms with Crippen LogP contribution in [-0.4, -0.2) is 49.1 Å². The van der Waals surface area contributed by atoms with Gasteiger partial charge in [0.2, 0.25) is 0 Å². The van der Waals surface area contributed by atoms with Crippen molar-refractivity contribution in [1.29, 1.82) is 0 Å². The maximum Gasteiger partial charge on any atom is 0.398 e. The Balaban J connectivity index is 2.63. The highest BCUT2D eigenvalue weighted by Gasteiger charge is 2.42. The zero-order valence-electron chi connectivity index (χ0n) is 18.9. The van der Waals surface area contributed by atoms with Crippen LogP contribution in [0.4, 0.5) is 17.6 Å². The monoisotopic (exact) mass is 444 g/mol. The van der Waals surface area contributed by atoms with E-state index in [1.807, 2.05) is 19.9 Å². The molecule has 0 aromatic heterocycles. The molecule has 2 N–H and O–H groups in total. The van der Waals surface area contributed by atoms with Crippen LogP contribution >= 0.6 is 0 Å². The molecule has 4 nitrogen and oxygen atoms in total. The number of aliphatic imine (C=N–C) groups is 1. The lowest BCUT2D eigenvalue weighted by Gasteiger charge is -2.21. The van der Waals surface area contributed by atoms with Crippen LogP contribution in [0, 0.1) is 11.8 Å². The Morgan fingerprint density at radius 3 is 2.58 bits per heavy atom. The fourth-order valence-electron chi connectivity index (χ4n) is 3.39. The molecule has 0 radical (unpaired) electrons. The van der Waals surface area contributed by atoms with E-state index >= 15 is 0 Å². The molecule has 1 aliphatic heterocycles. The first-order chi connectivity index (χ1) is 14.7. The SMILES string of the molecule is CC=N/C=C\C(C)CN1CCC(N/C(=C\CC)N/C=C/C(C(F)/C=C\C)C(F)(F)F)C1. The molecule has 0 spiro atoms. The molecule has 1 fully saturated rings. The zero-order chi connectivity index (χ0) is 23.3. The number of hydrogen-bond donors (Lipinski definition) is 2. The Hall–Kier alpha value is -2.09. The molecule has 1 rings (SSSR count). The molecule has 0 aromatic carbocycles. The standard InChI is InChI=1S/C23H36F4N4/c1-5-8-21(24)20(23(25,26)27)11-14-29-22(9-6-2)30-19-12-15-31(17-19)16-18(4)10-13-28-7-3/h5,7-11,13-14,18-21,29-30H,6,12,15-17H2,1-4H3/b8-5-,13-10-,14-11+,22-9-,28-7?. The van der Waals surface area contributed by atoms with Crippen LogP contribution < -0.4 is 10.6 Å². The average Bonchev–Trinajstić information content (AvgIpc) is 3.11. The molecule has 31 heavy (non-hydrogen) atoms. The summed E-state index contributed by atoms with van der Waals surface area (Å²) >= 11 is 0. The van der Waals surface area contributed by atoms with Gasteiger partial charge in [0.1, 0.15) is 12.1 Å². The van der Waals surface area contributed by atoms with E-state index in [9.17, 15) is 17.6 Å². The molecule has 176 valence electrons. The molecule has 1 aliphatic rings. The Labute approximate surface area is 183 Å². The minimum absolute atomic E-state index is 0.193. The van der Waals surface area contributed by atoms with Crippen LogP contribution in [0.1, 0.15) is 40.5 Å². The second kappa shape index (κ2) is 14.1. The van der Waals surface area contributed by atoms with Crippen molar-refractivity contribution in [3.05, 3.63) is 48.6 Å². The van der Waals surface area contributed by atoms with E-state index < -0.39 is 18.3 Å². The van der Waals surface area contributed by atoms with Gasteiger partial charge in [-0.25, -0.2) is 4.39 Å². The van der Waals surface area contributed by atoms with E-state index in [1.54, 1.807) is 12.4 Å². The van der Waals surface area contributed by atoms with Gasteiger partial charge in [0.15, 0.2) is 0 Å². The molecule has 8 heteroatoms. The Kier molecular flexibility index (Phi) is 12.2. The highest BCUT2D eigenvalue weighted by atomic mass is 19.4. The fraction of sp³-hybridized carbons (Fsp3) is 0.609. The van der Waals surface area contributed by atoms with Crippen molar-refractivity contribution in [3.8, 4) is 0 Å². The summed E-state index contributed by atoms with van der Waals surface area (Å²) < 4.78 is 53.3. The molecule has 0 aliphatic carbocycles. The molecule has 1 heterocycles. The summed E-state index contributed by atoms with van der Waals surface area (Å²) in [7, 11) is 0. The average molecular weight is 445 g/mol. The Morgan fingerprint density at radius 1 is 1.23 bits per heavy atom. The van der Waals surface area contributed by atoms with Gasteiger partial charge >= 0.3 is 6.18 Å². The number of nitrogens with zero attached hydrogens (tertiary/aromatic N) is 2. The zero-order valence-corrected chi connectivity index (χ0v) is 18.9. The maximum absolute atomic E-state index is 13.9. The number of hydrogen-bond acceptors (Lipinski definition) is 4. The third kappa shape index (κ3) is 10.7. The van der Waals surface area contributed by atoms with E-state index in [0.717, 1.165) is 38.2 Å². The van der Waals surface area contributed by atoms with Crippen LogP contribution in [0.3, 0.4) is 0 Å². The Morgan fingerprint density at radius 2 is 1.97 bits per heavy atom. The van der Waals surface area contributed by atoms with Crippen LogP contribution in [0.25, 0.3) is 0 Å². The van der Waals surface area contributed by atoms with Gasteiger partial charge in [-0.1, -0.05) is 38.2 Å². The van der Waals surface area contributed by atoms with Crippen molar-refractivity contribution in [2.24, 2.45) is 16.8 Å². The second-order valence-electron chi connectivity index (χ2n) is 7.68. The van der Waals surface area contributed by atoms with Gasteiger partial charge in [0, 0.05) is 38.1 Å². The van der Waals surface area contributed by atoms with Gasteiger partial charge in [0.25, 0.3) is 0 Å². The highest BCUT2D eigenvalue weighted by molar-refractivity contribution is 5.54. The second-order valence-corrected chi connectivity index (χ2v) is 7.68. The summed E-state index contributed by atoms with van der Waals surface area (Å²) in [5.41, 5.74) is 0. The molecule has 4 unspecified atom stereocenters. The molecule has 1 saturated heterocycles. The quantitative estimate of drug-likeness (QED) is 0.243. The summed E-state index contributed by atoms with van der Waals surface area (Å²) in [5, 5.41) is 6.24. The lowest BCUT2D eigenvalue weighted by molar-refractivity contribution is -0.171. The number of allylic oxidation sites excluding steroid dienone is 4. The molecule has 0 saturated carbocycles. The number of alkyl halides is 4. The molecule has 4 atom stereocenters. The van der Waals surface area contributed by atoms with Crippen LogP contribution in [0.5, 0.6) is 0 Å². The summed E-state index contributed by atoms with van der Waals surface area (Å²) in [6.45, 7) is 10.2. The first-order valence-electron chi connectivity index (χ1n) is 10.8. The summed E-state index contributed by atoms with van der Waals surface area (Å²) in [6.07, 6.45) is 6.60. The van der Waals surface area contributed by atoms with Crippen LogP contribution in [0.2, 0.25) is 0 Å². The largest absolute Gasteiger partial charge is 0.398 e. The first-order valence-corrected chi connectivity index (χ1v) is 10.8. The maximum atomic E-state index is 13.9. The van der Waals surface area contributed by atoms with Crippen molar-refractivity contribution in [2.45, 2.75) is 58.9 Å². The van der Waals surface area contributed by atoms with E-state index in [0.29, 0.717) is 18.2 Å². The number of halogens is 4. The van der Waals surface area contributed by atoms with E-state index in [4.69, 9.17) is 0 Å². The fourth-order valence-corrected chi connectivity index (χ4v) is 3.39. The molecule has 0 bridgehead atoms. The number of likely N-dealkylation sites (tertiary alicyclic amines) is 1. The van der Waals surface area contributed by atoms with Gasteiger partial charge in [-0.15, -0.1) is 0 Å². The van der Waals surface area contributed by atoms with E-state index in [2.05, 4.69) is 33.5 Å². The summed E-state index contributed by atoms with van der Waals surface area (Å²) in [6, 6.07) is 0.193. The predicted molar refractivity (Wildman–Crippen MR) is 120 cm³/mol. The van der Waals surface area contributed by atoms with Crippen molar-refractivity contribution >= 4 is 6.21 Å². The van der Waals surface area contributed by atoms with Gasteiger partial charge < -0.3 is 15.5 Å². The van der Waals surface area contributed by atoms with Gasteiger partial charge in [0.05, 0.1) is 5.82 Å². The summed E-state index contributed by atoms with van der Waals surface area (Å²) in [5.74, 6) is -1.18. The van der Waals surface area contributed by atoms with Crippen molar-refractivity contribution in [2.75, 3.05) is 19.6 Å². The minimum atomic E-state index is -4.65. The van der Waals surface area contributed by atoms with Gasteiger partial charge in [-0.3, -0.25) is 4.99 Å². The normalized spacial score (nSPS) is 22.2. The lowest BCUT2D eigenvalue weighted by atomic mass is 10.0. The van der Waals surface area contributed by atoms with E-state index in [1.165, 1.54) is 19.2 Å². The summed E-state index contributed by atoms with van der Waals surface area (Å²) in [4.78, 5) is 6.44. The predicted octanol–water partition coefficient (Wildman–Crippen LogP) is 5.34. The first kappa shape index (κ1) is 26.9. The van der Waals surface area contributed by atoms with Crippen molar-refractivity contribution in [1.82, 2.24) is 15.5 Å². The van der Waals surface area contributed by atoms with Gasteiger partial charge in [-0.2, -0.15) is 13.2 Å². The molecule has 0 amide bonds. The molecular weight excluding hydrogens is 408 g/mol. The minimum Gasteiger partial charge on any atom is -0.368 e. The Bertz CT molecular complexity index is 652. The third-order valence-electron chi connectivity index (χ3n) is 4.88. The topological polar surface area (TPSA) is 39.7 Å². The number of rotatable bonds is 12.